The minimum absolute atomic E-state index is 0.0432. The molecule has 0 amide bonds. The summed E-state index contributed by atoms with van der Waals surface area (Å²) in [5.41, 5.74) is -0.459. The van der Waals surface area contributed by atoms with E-state index in [4.69, 9.17) is 16.7 Å². The van der Waals surface area contributed by atoms with Crippen LogP contribution in [0.15, 0.2) is 41.4 Å². The van der Waals surface area contributed by atoms with Crippen LogP contribution in [0.2, 0.25) is 5.15 Å². The van der Waals surface area contributed by atoms with E-state index in [1.807, 2.05) is 0 Å². The van der Waals surface area contributed by atoms with Crippen LogP contribution < -0.4 is 4.72 Å². The molecule has 0 aliphatic heterocycles. The molecule has 1 aromatic carbocycles. The average molecular weight is 329 g/mol. The smallest absolute Gasteiger partial charge is 0.339 e. The van der Waals surface area contributed by atoms with Gasteiger partial charge in [-0.25, -0.2) is 18.2 Å². The summed E-state index contributed by atoms with van der Waals surface area (Å²) < 4.78 is 26.5. The van der Waals surface area contributed by atoms with Crippen molar-refractivity contribution in [2.45, 2.75) is 4.90 Å². The molecule has 0 bridgehead atoms. The van der Waals surface area contributed by atoms with E-state index in [0.29, 0.717) is 0 Å². The predicted molar refractivity (Wildman–Crippen MR) is 75.1 cm³/mol. The normalized spacial score (nSPS) is 11.1. The molecule has 2 rings (SSSR count). The van der Waals surface area contributed by atoms with Crippen molar-refractivity contribution in [1.82, 2.24) is 4.98 Å². The van der Waals surface area contributed by atoms with Crippen LogP contribution in [0.5, 0.6) is 5.75 Å². The SMILES string of the molecule is O=C(O)c1cc(S(=O)(=O)Nc2cccnc2Cl)ccc1O. The molecule has 7 nitrogen and oxygen atoms in total. The molecule has 0 aliphatic rings. The van der Waals surface area contributed by atoms with Gasteiger partial charge >= 0.3 is 5.97 Å². The van der Waals surface area contributed by atoms with Gasteiger partial charge in [0.2, 0.25) is 0 Å². The lowest BCUT2D eigenvalue weighted by Gasteiger charge is -2.10. The number of carboxylic acid groups (broad SMARTS) is 1. The number of nitrogens with zero attached hydrogens (tertiary/aromatic N) is 1. The molecular weight excluding hydrogens is 320 g/mol. The largest absolute Gasteiger partial charge is 0.507 e. The summed E-state index contributed by atoms with van der Waals surface area (Å²) >= 11 is 5.75. The van der Waals surface area contributed by atoms with E-state index in [-0.39, 0.29) is 15.7 Å². The second kappa shape index (κ2) is 5.58. The summed E-state index contributed by atoms with van der Waals surface area (Å²) in [4.78, 5) is 14.3. The van der Waals surface area contributed by atoms with Gasteiger partial charge in [0.05, 0.1) is 10.6 Å². The van der Waals surface area contributed by atoms with Gasteiger partial charge in [-0.2, -0.15) is 0 Å². The molecule has 0 unspecified atom stereocenters. The molecule has 21 heavy (non-hydrogen) atoms. The Kier molecular flexibility index (Phi) is 4.01. The third-order valence-corrected chi connectivity index (χ3v) is 4.18. The molecule has 1 heterocycles. The van der Waals surface area contributed by atoms with Crippen molar-refractivity contribution in [1.29, 1.82) is 0 Å². The molecule has 0 saturated heterocycles. The van der Waals surface area contributed by atoms with Gasteiger partial charge in [0.15, 0.2) is 5.15 Å². The molecule has 0 fully saturated rings. The quantitative estimate of drug-likeness (QED) is 0.738. The lowest BCUT2D eigenvalue weighted by molar-refractivity contribution is 0.0693. The Morgan fingerprint density at radius 1 is 1.29 bits per heavy atom. The summed E-state index contributed by atoms with van der Waals surface area (Å²) in [6, 6.07) is 5.82. The number of anilines is 1. The van der Waals surface area contributed by atoms with Gasteiger partial charge in [-0.15, -0.1) is 0 Å². The minimum atomic E-state index is -4.06. The lowest BCUT2D eigenvalue weighted by Crippen LogP contribution is -2.14. The third kappa shape index (κ3) is 3.23. The monoisotopic (exact) mass is 328 g/mol. The molecule has 0 spiro atoms. The Labute approximate surface area is 124 Å². The van der Waals surface area contributed by atoms with Crippen molar-refractivity contribution in [3.63, 3.8) is 0 Å². The van der Waals surface area contributed by atoms with Gasteiger partial charge in [-0.05, 0) is 30.3 Å². The van der Waals surface area contributed by atoms with Gasteiger partial charge in [0.1, 0.15) is 11.3 Å². The van der Waals surface area contributed by atoms with E-state index in [1.54, 1.807) is 0 Å². The highest BCUT2D eigenvalue weighted by Gasteiger charge is 2.20. The highest BCUT2D eigenvalue weighted by molar-refractivity contribution is 7.92. The van der Waals surface area contributed by atoms with Crippen molar-refractivity contribution in [3.05, 3.63) is 47.2 Å². The summed E-state index contributed by atoms with van der Waals surface area (Å²) in [7, 11) is -4.06. The summed E-state index contributed by atoms with van der Waals surface area (Å²) in [6.45, 7) is 0. The number of phenols is 1. The van der Waals surface area contributed by atoms with Crippen molar-refractivity contribution >= 4 is 33.3 Å². The zero-order chi connectivity index (χ0) is 15.6. The summed E-state index contributed by atoms with van der Waals surface area (Å²) in [5.74, 6) is -1.97. The summed E-state index contributed by atoms with van der Waals surface area (Å²) in [6.07, 6.45) is 1.39. The number of nitrogens with one attached hydrogen (secondary N) is 1. The fraction of sp³-hybridized carbons (Fsp3) is 0. The van der Waals surface area contributed by atoms with Crippen LogP contribution >= 0.6 is 11.6 Å². The molecular formula is C12H9ClN2O5S. The minimum Gasteiger partial charge on any atom is -0.507 e. The number of hydrogen-bond donors (Lipinski definition) is 3. The Morgan fingerprint density at radius 3 is 2.62 bits per heavy atom. The maximum atomic E-state index is 12.2. The Balaban J connectivity index is 2.43. The number of pyridine rings is 1. The number of carboxylic acids is 1. The zero-order valence-electron chi connectivity index (χ0n) is 10.3. The van der Waals surface area contributed by atoms with E-state index in [1.165, 1.54) is 18.3 Å². The fourth-order valence-electron chi connectivity index (χ4n) is 1.52. The van der Waals surface area contributed by atoms with Crippen LogP contribution in [-0.4, -0.2) is 29.6 Å². The van der Waals surface area contributed by atoms with Crippen molar-refractivity contribution in [3.8, 4) is 5.75 Å². The number of hydrogen-bond acceptors (Lipinski definition) is 5. The Hall–Kier alpha value is -2.32. The second-order valence-electron chi connectivity index (χ2n) is 3.93. The number of aromatic carboxylic acids is 1. The maximum Gasteiger partial charge on any atom is 0.339 e. The lowest BCUT2D eigenvalue weighted by atomic mass is 10.2. The van der Waals surface area contributed by atoms with Gasteiger partial charge in [0, 0.05) is 6.20 Å². The third-order valence-electron chi connectivity index (χ3n) is 2.51. The van der Waals surface area contributed by atoms with Crippen LogP contribution in [0.1, 0.15) is 10.4 Å². The summed E-state index contributed by atoms with van der Waals surface area (Å²) in [5, 5.41) is 18.2. The highest BCUT2D eigenvalue weighted by Crippen LogP contribution is 2.25. The van der Waals surface area contributed by atoms with Crippen LogP contribution in [0, 0.1) is 0 Å². The predicted octanol–water partition coefficient (Wildman–Crippen LogP) is 1.94. The molecule has 0 atom stereocenters. The number of rotatable bonds is 4. The number of aromatic nitrogens is 1. The average Bonchev–Trinajstić information content (AvgIpc) is 2.41. The standard InChI is InChI=1S/C12H9ClN2O5S/c13-11-9(2-1-5-14-11)15-21(19,20)7-3-4-10(16)8(6-7)12(17)18/h1-6,15-16H,(H,17,18). The first-order valence-corrected chi connectivity index (χ1v) is 7.37. The first-order valence-electron chi connectivity index (χ1n) is 5.51. The van der Waals surface area contributed by atoms with Crippen molar-refractivity contribution < 1.29 is 23.4 Å². The topological polar surface area (TPSA) is 117 Å². The first kappa shape index (κ1) is 15.1. The number of halogens is 1. The van der Waals surface area contributed by atoms with Crippen LogP contribution in [0.3, 0.4) is 0 Å². The number of carbonyl (C=O) groups is 1. The number of aromatic hydroxyl groups is 1. The zero-order valence-corrected chi connectivity index (χ0v) is 11.9. The molecule has 110 valence electrons. The molecule has 1 aromatic heterocycles. The first-order chi connectivity index (χ1) is 9.81. The van der Waals surface area contributed by atoms with Crippen molar-refractivity contribution in [2.24, 2.45) is 0 Å². The molecule has 0 radical (unpaired) electrons. The van der Waals surface area contributed by atoms with Gasteiger partial charge < -0.3 is 10.2 Å². The Morgan fingerprint density at radius 2 is 2.00 bits per heavy atom. The van der Waals surface area contributed by atoms with Crippen LogP contribution in [0.25, 0.3) is 0 Å². The van der Waals surface area contributed by atoms with E-state index in [9.17, 15) is 18.3 Å². The number of benzene rings is 1. The van der Waals surface area contributed by atoms with Crippen LogP contribution in [0.4, 0.5) is 5.69 Å². The van der Waals surface area contributed by atoms with Crippen molar-refractivity contribution in [2.75, 3.05) is 4.72 Å². The van der Waals surface area contributed by atoms with E-state index < -0.39 is 27.3 Å². The van der Waals surface area contributed by atoms with Gasteiger partial charge in [0.25, 0.3) is 10.0 Å². The molecule has 3 N–H and O–H groups in total. The highest BCUT2D eigenvalue weighted by atomic mass is 35.5. The van der Waals surface area contributed by atoms with Gasteiger partial charge in [-0.1, -0.05) is 11.6 Å². The maximum absolute atomic E-state index is 12.2. The molecule has 0 saturated carbocycles. The van der Waals surface area contributed by atoms with E-state index in [2.05, 4.69) is 9.71 Å². The van der Waals surface area contributed by atoms with Gasteiger partial charge in [-0.3, -0.25) is 4.72 Å². The molecule has 9 heteroatoms. The van der Waals surface area contributed by atoms with E-state index in [0.717, 1.165) is 18.2 Å². The second-order valence-corrected chi connectivity index (χ2v) is 5.97. The number of sulfonamides is 1. The molecule has 0 aliphatic carbocycles. The Bertz CT molecular complexity index is 807. The van der Waals surface area contributed by atoms with E-state index >= 15 is 0 Å². The van der Waals surface area contributed by atoms with Crippen LogP contribution in [-0.2, 0) is 10.0 Å². The fourth-order valence-corrected chi connectivity index (χ4v) is 2.83. The molecule has 2 aromatic rings.